The molecule has 0 aliphatic carbocycles. The smallest absolute Gasteiger partial charge is 0.243 e. The van der Waals surface area contributed by atoms with E-state index in [1.165, 1.54) is 0 Å². The van der Waals surface area contributed by atoms with E-state index in [4.69, 9.17) is 9.47 Å². The topological polar surface area (TPSA) is 67.9 Å². The zero-order valence-electron chi connectivity index (χ0n) is 20.8. The molecule has 0 radical (unpaired) electrons. The quantitative estimate of drug-likeness (QED) is 0.288. The van der Waals surface area contributed by atoms with Crippen LogP contribution in [0.4, 0.5) is 0 Å². The molecule has 36 heavy (non-hydrogen) atoms. The first kappa shape index (κ1) is 27.3. The SMILES string of the molecule is CCNC(=O)[C@H](Cc1ccccc1)N(Cc1ccc(Br)cc1)C(=O)CCCOc1ccc(OC)cc1. The minimum Gasteiger partial charge on any atom is -0.497 e. The number of carbonyl (C=O) groups is 2. The van der Waals surface area contributed by atoms with Crippen LogP contribution in [0.15, 0.2) is 83.3 Å². The Balaban J connectivity index is 1.73. The number of likely N-dealkylation sites (N-methyl/N-ethyl adjacent to an activating group) is 1. The van der Waals surface area contributed by atoms with Crippen molar-refractivity contribution >= 4 is 27.7 Å². The molecular formula is C29H33BrN2O4. The Morgan fingerprint density at radius 2 is 1.58 bits per heavy atom. The molecule has 0 bridgehead atoms. The number of hydrogen-bond donors (Lipinski definition) is 1. The van der Waals surface area contributed by atoms with Crippen LogP contribution in [0.3, 0.4) is 0 Å². The maximum absolute atomic E-state index is 13.5. The van der Waals surface area contributed by atoms with Crippen LogP contribution < -0.4 is 14.8 Å². The molecule has 0 fully saturated rings. The highest BCUT2D eigenvalue weighted by atomic mass is 79.9. The zero-order valence-corrected chi connectivity index (χ0v) is 22.4. The summed E-state index contributed by atoms with van der Waals surface area (Å²) in [4.78, 5) is 28.4. The fraction of sp³-hybridized carbons (Fsp3) is 0.310. The molecule has 0 saturated carbocycles. The fourth-order valence-corrected chi connectivity index (χ4v) is 4.13. The molecule has 2 amide bonds. The van der Waals surface area contributed by atoms with Gasteiger partial charge in [-0.15, -0.1) is 0 Å². The summed E-state index contributed by atoms with van der Waals surface area (Å²) >= 11 is 3.46. The number of halogens is 1. The normalized spacial score (nSPS) is 11.4. The summed E-state index contributed by atoms with van der Waals surface area (Å²) in [6.07, 6.45) is 1.25. The minimum absolute atomic E-state index is 0.0802. The monoisotopic (exact) mass is 552 g/mol. The maximum Gasteiger partial charge on any atom is 0.243 e. The Kier molecular flexibility index (Phi) is 10.8. The second-order valence-corrected chi connectivity index (χ2v) is 9.29. The predicted octanol–water partition coefficient (Wildman–Crippen LogP) is 5.39. The molecule has 3 rings (SSSR count). The van der Waals surface area contributed by atoms with Crippen LogP contribution >= 0.6 is 15.9 Å². The van der Waals surface area contributed by atoms with Gasteiger partial charge in [0.15, 0.2) is 0 Å². The van der Waals surface area contributed by atoms with E-state index < -0.39 is 6.04 Å². The molecule has 1 N–H and O–H groups in total. The van der Waals surface area contributed by atoms with Gasteiger partial charge in [0.2, 0.25) is 11.8 Å². The zero-order chi connectivity index (χ0) is 25.8. The van der Waals surface area contributed by atoms with Gasteiger partial charge < -0.3 is 19.7 Å². The fourth-order valence-electron chi connectivity index (χ4n) is 3.86. The number of methoxy groups -OCH3 is 1. The van der Waals surface area contributed by atoms with Crippen LogP contribution in [0.25, 0.3) is 0 Å². The molecule has 3 aromatic rings. The van der Waals surface area contributed by atoms with Crippen molar-refractivity contribution < 1.29 is 19.1 Å². The third kappa shape index (κ3) is 8.41. The lowest BCUT2D eigenvalue weighted by molar-refractivity contribution is -0.141. The summed E-state index contributed by atoms with van der Waals surface area (Å²) in [5.41, 5.74) is 1.97. The van der Waals surface area contributed by atoms with Gasteiger partial charge in [0.25, 0.3) is 0 Å². The summed E-state index contributed by atoms with van der Waals surface area (Å²) in [5, 5.41) is 2.92. The Labute approximate surface area is 221 Å². The average molecular weight is 553 g/mol. The molecule has 7 heteroatoms. The molecule has 0 aliphatic heterocycles. The predicted molar refractivity (Wildman–Crippen MR) is 145 cm³/mol. The molecule has 0 spiro atoms. The van der Waals surface area contributed by atoms with Crippen molar-refractivity contribution in [3.8, 4) is 11.5 Å². The van der Waals surface area contributed by atoms with Gasteiger partial charge in [-0.1, -0.05) is 58.4 Å². The molecule has 0 aliphatic rings. The highest BCUT2D eigenvalue weighted by Gasteiger charge is 2.29. The number of nitrogens with one attached hydrogen (secondary N) is 1. The number of ether oxygens (including phenoxy) is 2. The summed E-state index contributed by atoms with van der Waals surface area (Å²) in [5.74, 6) is 1.25. The van der Waals surface area contributed by atoms with Crippen molar-refractivity contribution in [2.75, 3.05) is 20.3 Å². The first-order valence-electron chi connectivity index (χ1n) is 12.1. The molecule has 0 saturated heterocycles. The van der Waals surface area contributed by atoms with Gasteiger partial charge in [-0.3, -0.25) is 9.59 Å². The lowest BCUT2D eigenvalue weighted by Crippen LogP contribution is -2.50. The Hall–Kier alpha value is -3.32. The van der Waals surface area contributed by atoms with Crippen molar-refractivity contribution in [3.05, 3.63) is 94.5 Å². The number of hydrogen-bond acceptors (Lipinski definition) is 4. The van der Waals surface area contributed by atoms with E-state index in [0.29, 0.717) is 32.5 Å². The van der Waals surface area contributed by atoms with Crippen LogP contribution in [0.5, 0.6) is 11.5 Å². The molecule has 0 aromatic heterocycles. The van der Waals surface area contributed by atoms with Crippen molar-refractivity contribution in [1.29, 1.82) is 0 Å². The molecule has 1 atom stereocenters. The van der Waals surface area contributed by atoms with Gasteiger partial charge in [-0.05, 0) is 60.9 Å². The van der Waals surface area contributed by atoms with E-state index in [-0.39, 0.29) is 18.2 Å². The van der Waals surface area contributed by atoms with E-state index >= 15 is 0 Å². The molecule has 190 valence electrons. The molecule has 6 nitrogen and oxygen atoms in total. The number of rotatable bonds is 13. The van der Waals surface area contributed by atoms with Gasteiger partial charge in [0, 0.05) is 30.4 Å². The molecule has 3 aromatic carbocycles. The summed E-state index contributed by atoms with van der Waals surface area (Å²) in [6.45, 7) is 3.13. The van der Waals surface area contributed by atoms with Gasteiger partial charge in [-0.25, -0.2) is 0 Å². The van der Waals surface area contributed by atoms with Crippen molar-refractivity contribution in [1.82, 2.24) is 10.2 Å². The summed E-state index contributed by atoms with van der Waals surface area (Å²) < 4.78 is 11.9. The van der Waals surface area contributed by atoms with Crippen LogP contribution in [0, 0.1) is 0 Å². The summed E-state index contributed by atoms with van der Waals surface area (Å²) in [6, 6.07) is 24.3. The Morgan fingerprint density at radius 3 is 2.22 bits per heavy atom. The highest BCUT2D eigenvalue weighted by molar-refractivity contribution is 9.10. The van der Waals surface area contributed by atoms with Crippen LogP contribution in [0.1, 0.15) is 30.9 Å². The van der Waals surface area contributed by atoms with Crippen molar-refractivity contribution in [3.63, 3.8) is 0 Å². The van der Waals surface area contributed by atoms with E-state index in [2.05, 4.69) is 21.2 Å². The number of nitrogens with zero attached hydrogens (tertiary/aromatic N) is 1. The molecule has 0 unspecified atom stereocenters. The molecule has 0 heterocycles. The van der Waals surface area contributed by atoms with Gasteiger partial charge in [0.05, 0.1) is 13.7 Å². The number of amides is 2. The Morgan fingerprint density at radius 1 is 0.917 bits per heavy atom. The van der Waals surface area contributed by atoms with E-state index in [1.807, 2.05) is 85.8 Å². The third-order valence-corrected chi connectivity index (χ3v) is 6.28. The largest absolute Gasteiger partial charge is 0.497 e. The van der Waals surface area contributed by atoms with E-state index in [1.54, 1.807) is 12.0 Å². The lowest BCUT2D eigenvalue weighted by Gasteiger charge is -2.31. The van der Waals surface area contributed by atoms with E-state index in [9.17, 15) is 9.59 Å². The van der Waals surface area contributed by atoms with E-state index in [0.717, 1.165) is 27.1 Å². The number of carbonyl (C=O) groups excluding carboxylic acids is 2. The minimum atomic E-state index is -0.619. The van der Waals surface area contributed by atoms with Crippen molar-refractivity contribution in [2.24, 2.45) is 0 Å². The average Bonchev–Trinajstić information content (AvgIpc) is 2.90. The lowest BCUT2D eigenvalue weighted by atomic mass is 10.0. The van der Waals surface area contributed by atoms with Gasteiger partial charge >= 0.3 is 0 Å². The standard InChI is InChI=1S/C29H33BrN2O4/c1-3-31-29(34)27(20-22-8-5-4-6-9-22)32(21-23-11-13-24(30)14-12-23)28(33)10-7-19-36-26-17-15-25(35-2)16-18-26/h4-6,8-9,11-18,27H,3,7,10,19-21H2,1-2H3,(H,31,34)/t27-/m0/s1. The van der Waals surface area contributed by atoms with Crippen LogP contribution in [-0.2, 0) is 22.6 Å². The Bertz CT molecular complexity index is 1090. The maximum atomic E-state index is 13.5. The highest BCUT2D eigenvalue weighted by Crippen LogP contribution is 2.20. The third-order valence-electron chi connectivity index (χ3n) is 5.75. The first-order chi connectivity index (χ1) is 17.5. The second kappa shape index (κ2) is 14.3. The van der Waals surface area contributed by atoms with Crippen LogP contribution in [-0.4, -0.2) is 43.0 Å². The number of benzene rings is 3. The molecular weight excluding hydrogens is 520 g/mol. The van der Waals surface area contributed by atoms with Crippen molar-refractivity contribution in [2.45, 2.75) is 38.8 Å². The van der Waals surface area contributed by atoms with Crippen LogP contribution in [0.2, 0.25) is 0 Å². The summed E-state index contributed by atoms with van der Waals surface area (Å²) in [7, 11) is 1.62. The van der Waals surface area contributed by atoms with Gasteiger partial charge in [0.1, 0.15) is 17.5 Å². The first-order valence-corrected chi connectivity index (χ1v) is 12.9. The second-order valence-electron chi connectivity index (χ2n) is 8.38. The van der Waals surface area contributed by atoms with Gasteiger partial charge in [-0.2, -0.15) is 0 Å².